The smallest absolute Gasteiger partial charge is 0.323 e. The highest BCUT2D eigenvalue weighted by Gasteiger charge is 2.23. The van der Waals surface area contributed by atoms with Gasteiger partial charge in [0.2, 0.25) is 0 Å². The summed E-state index contributed by atoms with van der Waals surface area (Å²) in [5.74, 6) is -0.0996. The second-order valence-electron chi connectivity index (χ2n) is 4.62. The van der Waals surface area contributed by atoms with Gasteiger partial charge in [0.1, 0.15) is 12.6 Å². The van der Waals surface area contributed by atoms with Crippen molar-refractivity contribution >= 4 is 5.97 Å². The number of ether oxygens (including phenoxy) is 2. The van der Waals surface area contributed by atoms with Crippen molar-refractivity contribution < 1.29 is 14.3 Å². The Morgan fingerprint density at radius 2 is 2.19 bits per heavy atom. The van der Waals surface area contributed by atoms with E-state index in [0.717, 1.165) is 45.3 Å². The highest BCUT2D eigenvalue weighted by atomic mass is 16.6. The van der Waals surface area contributed by atoms with E-state index in [1.165, 1.54) is 6.42 Å². The first-order valence-electron chi connectivity index (χ1n) is 6.38. The summed E-state index contributed by atoms with van der Waals surface area (Å²) in [6.45, 7) is 2.17. The van der Waals surface area contributed by atoms with Crippen LogP contribution >= 0.6 is 0 Å². The van der Waals surface area contributed by atoms with Crippen LogP contribution in [0.15, 0.2) is 0 Å². The minimum absolute atomic E-state index is 0.0936. The molecule has 0 aliphatic carbocycles. The lowest BCUT2D eigenvalue weighted by molar-refractivity contribution is -0.149. The number of rotatable bonds is 3. The SMILES string of the molecule is O=C(OCC1CCCO1)C1CCCCCN1. The van der Waals surface area contributed by atoms with Crippen LogP contribution < -0.4 is 5.32 Å². The van der Waals surface area contributed by atoms with Gasteiger partial charge < -0.3 is 14.8 Å². The predicted octanol–water partition coefficient (Wildman–Crippen LogP) is 1.24. The highest BCUT2D eigenvalue weighted by molar-refractivity contribution is 5.75. The molecule has 0 aromatic carbocycles. The van der Waals surface area contributed by atoms with Gasteiger partial charge >= 0.3 is 5.97 Å². The molecule has 2 atom stereocenters. The molecule has 92 valence electrons. The van der Waals surface area contributed by atoms with Gasteiger partial charge in [0.05, 0.1) is 6.10 Å². The largest absolute Gasteiger partial charge is 0.462 e. The fraction of sp³-hybridized carbons (Fsp3) is 0.917. The second-order valence-corrected chi connectivity index (χ2v) is 4.62. The average Bonchev–Trinajstić information content (AvgIpc) is 2.66. The topological polar surface area (TPSA) is 47.6 Å². The summed E-state index contributed by atoms with van der Waals surface area (Å²) >= 11 is 0. The maximum Gasteiger partial charge on any atom is 0.323 e. The summed E-state index contributed by atoms with van der Waals surface area (Å²) < 4.78 is 10.7. The highest BCUT2D eigenvalue weighted by Crippen LogP contribution is 2.14. The summed E-state index contributed by atoms with van der Waals surface area (Å²) in [6.07, 6.45) is 6.64. The fourth-order valence-corrected chi connectivity index (χ4v) is 2.28. The Kier molecular flexibility index (Phi) is 4.60. The number of esters is 1. The molecular formula is C12H21NO3. The van der Waals surface area contributed by atoms with Crippen LogP contribution in [0.2, 0.25) is 0 Å². The Morgan fingerprint density at radius 3 is 3.00 bits per heavy atom. The lowest BCUT2D eigenvalue weighted by Crippen LogP contribution is -2.38. The van der Waals surface area contributed by atoms with Crippen LogP contribution in [0.25, 0.3) is 0 Å². The zero-order valence-electron chi connectivity index (χ0n) is 9.74. The number of hydrogen-bond donors (Lipinski definition) is 1. The molecule has 2 saturated heterocycles. The Morgan fingerprint density at radius 1 is 1.25 bits per heavy atom. The van der Waals surface area contributed by atoms with Crippen molar-refractivity contribution in [3.8, 4) is 0 Å². The van der Waals surface area contributed by atoms with E-state index in [9.17, 15) is 4.79 Å². The molecular weight excluding hydrogens is 206 g/mol. The van der Waals surface area contributed by atoms with E-state index in [2.05, 4.69) is 5.32 Å². The molecule has 2 unspecified atom stereocenters. The maximum atomic E-state index is 11.8. The van der Waals surface area contributed by atoms with Gasteiger partial charge in [-0.25, -0.2) is 0 Å². The molecule has 0 aromatic heterocycles. The monoisotopic (exact) mass is 227 g/mol. The molecule has 2 fully saturated rings. The van der Waals surface area contributed by atoms with Crippen molar-refractivity contribution in [2.24, 2.45) is 0 Å². The molecule has 2 aliphatic heterocycles. The number of carbonyl (C=O) groups is 1. The van der Waals surface area contributed by atoms with E-state index < -0.39 is 0 Å². The molecule has 0 aromatic rings. The van der Waals surface area contributed by atoms with E-state index >= 15 is 0 Å². The quantitative estimate of drug-likeness (QED) is 0.737. The van der Waals surface area contributed by atoms with Gasteiger partial charge in [-0.1, -0.05) is 12.8 Å². The Balaban J connectivity index is 1.69. The van der Waals surface area contributed by atoms with Gasteiger partial charge in [0.25, 0.3) is 0 Å². The lowest BCUT2D eigenvalue weighted by Gasteiger charge is -2.16. The van der Waals surface area contributed by atoms with Crippen molar-refractivity contribution in [1.82, 2.24) is 5.32 Å². The van der Waals surface area contributed by atoms with E-state index in [1.807, 2.05) is 0 Å². The van der Waals surface area contributed by atoms with Gasteiger partial charge in [0, 0.05) is 6.61 Å². The van der Waals surface area contributed by atoms with Crippen LogP contribution in [0.1, 0.15) is 38.5 Å². The molecule has 0 amide bonds. The summed E-state index contributed by atoms with van der Waals surface area (Å²) in [7, 11) is 0. The molecule has 0 radical (unpaired) electrons. The van der Waals surface area contributed by atoms with Crippen molar-refractivity contribution in [3.63, 3.8) is 0 Å². The van der Waals surface area contributed by atoms with Crippen LogP contribution in [-0.2, 0) is 14.3 Å². The summed E-state index contributed by atoms with van der Waals surface area (Å²) in [5, 5.41) is 3.24. The van der Waals surface area contributed by atoms with E-state index in [1.54, 1.807) is 0 Å². The number of carbonyl (C=O) groups excluding carboxylic acids is 1. The van der Waals surface area contributed by atoms with E-state index in [4.69, 9.17) is 9.47 Å². The standard InChI is InChI=1S/C12H21NO3/c14-12(11-6-2-1-3-7-13-11)16-9-10-5-4-8-15-10/h10-11,13H,1-9H2. The van der Waals surface area contributed by atoms with Crippen LogP contribution in [0.5, 0.6) is 0 Å². The van der Waals surface area contributed by atoms with Crippen molar-refractivity contribution in [2.45, 2.75) is 50.7 Å². The Labute approximate surface area is 96.7 Å². The molecule has 0 spiro atoms. The molecule has 4 nitrogen and oxygen atoms in total. The molecule has 16 heavy (non-hydrogen) atoms. The molecule has 2 rings (SSSR count). The third-order valence-corrected chi connectivity index (χ3v) is 3.28. The van der Waals surface area contributed by atoms with Crippen molar-refractivity contribution in [3.05, 3.63) is 0 Å². The maximum absolute atomic E-state index is 11.8. The van der Waals surface area contributed by atoms with Crippen LogP contribution in [0.3, 0.4) is 0 Å². The van der Waals surface area contributed by atoms with E-state index in [-0.39, 0.29) is 18.1 Å². The zero-order valence-corrected chi connectivity index (χ0v) is 9.74. The fourth-order valence-electron chi connectivity index (χ4n) is 2.28. The predicted molar refractivity (Wildman–Crippen MR) is 60.2 cm³/mol. The normalized spacial score (nSPS) is 31.0. The van der Waals surface area contributed by atoms with Crippen LogP contribution in [0.4, 0.5) is 0 Å². The molecule has 1 N–H and O–H groups in total. The minimum Gasteiger partial charge on any atom is -0.462 e. The van der Waals surface area contributed by atoms with Gasteiger partial charge in [-0.3, -0.25) is 4.79 Å². The van der Waals surface area contributed by atoms with Crippen LogP contribution in [0, 0.1) is 0 Å². The number of nitrogens with one attached hydrogen (secondary N) is 1. The molecule has 0 saturated carbocycles. The second kappa shape index (κ2) is 6.21. The third kappa shape index (κ3) is 3.46. The van der Waals surface area contributed by atoms with Gasteiger partial charge in [-0.05, 0) is 32.2 Å². The van der Waals surface area contributed by atoms with Crippen molar-refractivity contribution in [2.75, 3.05) is 19.8 Å². The average molecular weight is 227 g/mol. The van der Waals surface area contributed by atoms with Crippen LogP contribution in [-0.4, -0.2) is 37.9 Å². The Bertz CT molecular complexity index is 218. The third-order valence-electron chi connectivity index (χ3n) is 3.28. The molecule has 2 aliphatic rings. The summed E-state index contributed by atoms with van der Waals surface area (Å²) in [4.78, 5) is 11.8. The zero-order chi connectivity index (χ0) is 11.2. The number of hydrogen-bond acceptors (Lipinski definition) is 4. The summed E-state index contributed by atoms with van der Waals surface area (Å²) in [6, 6.07) is -0.0936. The molecule has 2 heterocycles. The minimum atomic E-state index is -0.0996. The first-order valence-corrected chi connectivity index (χ1v) is 6.38. The first-order chi connectivity index (χ1) is 7.86. The molecule has 0 bridgehead atoms. The van der Waals surface area contributed by atoms with Gasteiger partial charge in [0.15, 0.2) is 0 Å². The summed E-state index contributed by atoms with van der Waals surface area (Å²) in [5.41, 5.74) is 0. The van der Waals surface area contributed by atoms with Gasteiger partial charge in [-0.15, -0.1) is 0 Å². The van der Waals surface area contributed by atoms with Crippen molar-refractivity contribution in [1.29, 1.82) is 0 Å². The lowest BCUT2D eigenvalue weighted by atomic mass is 10.1. The first kappa shape index (κ1) is 11.9. The van der Waals surface area contributed by atoms with E-state index in [0.29, 0.717) is 6.61 Å². The Hall–Kier alpha value is -0.610. The van der Waals surface area contributed by atoms with Gasteiger partial charge in [-0.2, -0.15) is 0 Å². The molecule has 4 heteroatoms.